The first-order chi connectivity index (χ1) is 6.29. The Balaban J connectivity index is 2.49. The summed E-state index contributed by atoms with van der Waals surface area (Å²) in [5.41, 5.74) is 7.38. The first-order valence-electron chi connectivity index (χ1n) is 4.57. The lowest BCUT2D eigenvalue weighted by molar-refractivity contribution is 0.544. The molecule has 0 aliphatic rings. The van der Waals surface area contributed by atoms with Crippen LogP contribution in [-0.4, -0.2) is 0 Å². The van der Waals surface area contributed by atoms with E-state index in [2.05, 4.69) is 13.0 Å². The van der Waals surface area contributed by atoms with Gasteiger partial charge in [-0.1, -0.05) is 6.92 Å². The number of furan rings is 1. The average molecular weight is 175 g/mol. The quantitative estimate of drug-likeness (QED) is 0.713. The number of nitrogens with two attached hydrogens (primary N) is 1. The molecule has 0 atom stereocenters. The molecule has 13 heavy (non-hydrogen) atoms. The molecule has 0 aliphatic heterocycles. The zero-order chi connectivity index (χ0) is 9.26. The fourth-order valence-electron chi connectivity index (χ4n) is 1.49. The van der Waals surface area contributed by atoms with E-state index >= 15 is 0 Å². The molecule has 1 aromatic heterocycles. The molecule has 0 unspecified atom stereocenters. The second-order valence-electron chi connectivity index (χ2n) is 3.26. The van der Waals surface area contributed by atoms with Gasteiger partial charge in [0.25, 0.3) is 0 Å². The third-order valence-corrected chi connectivity index (χ3v) is 2.09. The van der Waals surface area contributed by atoms with Gasteiger partial charge in [-0.3, -0.25) is 0 Å². The van der Waals surface area contributed by atoms with Gasteiger partial charge in [0.1, 0.15) is 11.3 Å². The number of anilines is 1. The summed E-state index contributed by atoms with van der Waals surface area (Å²) in [6.07, 6.45) is 2.10. The number of benzene rings is 1. The average Bonchev–Trinajstić information content (AvgIpc) is 2.46. The monoisotopic (exact) mass is 175 g/mol. The number of rotatable bonds is 2. The normalized spacial score (nSPS) is 10.8. The summed E-state index contributed by atoms with van der Waals surface area (Å²) < 4.78 is 5.61. The van der Waals surface area contributed by atoms with Crippen LogP contribution in [0.4, 0.5) is 5.69 Å². The number of hydrogen-bond acceptors (Lipinski definition) is 2. The van der Waals surface area contributed by atoms with Gasteiger partial charge in [-0.25, -0.2) is 0 Å². The highest BCUT2D eigenvalue weighted by molar-refractivity contribution is 5.81. The van der Waals surface area contributed by atoms with Crippen LogP contribution in [0.2, 0.25) is 0 Å². The first-order valence-corrected chi connectivity index (χ1v) is 4.57. The van der Waals surface area contributed by atoms with Gasteiger partial charge in [0.05, 0.1) is 0 Å². The predicted octanol–water partition coefficient (Wildman–Crippen LogP) is 2.97. The summed E-state index contributed by atoms with van der Waals surface area (Å²) in [6, 6.07) is 7.79. The van der Waals surface area contributed by atoms with Crippen LogP contribution in [0.5, 0.6) is 0 Å². The van der Waals surface area contributed by atoms with E-state index in [-0.39, 0.29) is 0 Å². The molecule has 0 saturated carbocycles. The van der Waals surface area contributed by atoms with E-state index in [1.165, 1.54) is 0 Å². The Bertz CT molecular complexity index is 417. The van der Waals surface area contributed by atoms with Crippen LogP contribution in [0, 0.1) is 0 Å². The minimum absolute atomic E-state index is 0.788. The van der Waals surface area contributed by atoms with Crippen molar-refractivity contribution in [3.8, 4) is 0 Å². The third-order valence-electron chi connectivity index (χ3n) is 2.09. The zero-order valence-corrected chi connectivity index (χ0v) is 7.71. The Morgan fingerprint density at radius 2 is 2.15 bits per heavy atom. The lowest BCUT2D eigenvalue weighted by atomic mass is 10.2. The number of aryl methyl sites for hydroxylation is 1. The van der Waals surface area contributed by atoms with E-state index in [9.17, 15) is 0 Å². The second kappa shape index (κ2) is 3.13. The second-order valence-corrected chi connectivity index (χ2v) is 3.26. The summed E-state index contributed by atoms with van der Waals surface area (Å²) in [6.45, 7) is 2.14. The molecule has 0 bridgehead atoms. The van der Waals surface area contributed by atoms with E-state index in [4.69, 9.17) is 10.2 Å². The highest BCUT2D eigenvalue weighted by atomic mass is 16.3. The van der Waals surface area contributed by atoms with Crippen molar-refractivity contribution in [2.75, 3.05) is 5.73 Å². The van der Waals surface area contributed by atoms with Gasteiger partial charge < -0.3 is 10.2 Å². The molecule has 0 radical (unpaired) electrons. The lowest BCUT2D eigenvalue weighted by Crippen LogP contribution is -1.80. The van der Waals surface area contributed by atoms with Gasteiger partial charge in [-0.2, -0.15) is 0 Å². The summed E-state index contributed by atoms with van der Waals surface area (Å²) in [5, 5.41) is 1.10. The molecule has 2 aromatic rings. The largest absolute Gasteiger partial charge is 0.461 e. The van der Waals surface area contributed by atoms with Crippen molar-refractivity contribution in [3.63, 3.8) is 0 Å². The van der Waals surface area contributed by atoms with E-state index < -0.39 is 0 Å². The zero-order valence-electron chi connectivity index (χ0n) is 7.71. The van der Waals surface area contributed by atoms with Crippen LogP contribution < -0.4 is 5.73 Å². The molecular formula is C11H13NO. The molecule has 1 aromatic carbocycles. The van der Waals surface area contributed by atoms with Crippen LogP contribution in [0.1, 0.15) is 19.1 Å². The van der Waals surface area contributed by atoms with Crippen LogP contribution in [0.15, 0.2) is 28.7 Å². The van der Waals surface area contributed by atoms with Crippen molar-refractivity contribution < 1.29 is 4.42 Å². The molecule has 0 spiro atoms. The maximum absolute atomic E-state index is 5.67. The van der Waals surface area contributed by atoms with Crippen molar-refractivity contribution in [1.29, 1.82) is 0 Å². The maximum Gasteiger partial charge on any atom is 0.134 e. The number of hydrogen-bond donors (Lipinski definition) is 1. The fraction of sp³-hybridized carbons (Fsp3) is 0.273. The molecule has 2 nitrogen and oxygen atoms in total. The molecular weight excluding hydrogens is 162 g/mol. The van der Waals surface area contributed by atoms with Gasteiger partial charge in [-0.15, -0.1) is 0 Å². The van der Waals surface area contributed by atoms with Gasteiger partial charge in [0, 0.05) is 17.5 Å². The lowest BCUT2D eigenvalue weighted by Gasteiger charge is -1.90. The summed E-state index contributed by atoms with van der Waals surface area (Å²) in [7, 11) is 0. The summed E-state index contributed by atoms with van der Waals surface area (Å²) in [5.74, 6) is 1.04. The predicted molar refractivity (Wildman–Crippen MR) is 54.6 cm³/mol. The van der Waals surface area contributed by atoms with Crippen molar-refractivity contribution in [2.24, 2.45) is 0 Å². The van der Waals surface area contributed by atoms with Crippen molar-refractivity contribution in [3.05, 3.63) is 30.0 Å². The van der Waals surface area contributed by atoms with Crippen LogP contribution >= 0.6 is 0 Å². The molecule has 0 aliphatic carbocycles. The first kappa shape index (κ1) is 8.17. The van der Waals surface area contributed by atoms with Crippen molar-refractivity contribution >= 4 is 16.7 Å². The molecule has 0 amide bonds. The highest BCUT2D eigenvalue weighted by Gasteiger charge is 2.02. The fourth-order valence-corrected chi connectivity index (χ4v) is 1.49. The highest BCUT2D eigenvalue weighted by Crippen LogP contribution is 2.22. The van der Waals surface area contributed by atoms with Gasteiger partial charge in [-0.05, 0) is 30.7 Å². The molecule has 0 saturated heterocycles. The third kappa shape index (κ3) is 1.52. The Labute approximate surface area is 77.3 Å². The molecule has 2 N–H and O–H groups in total. The van der Waals surface area contributed by atoms with Gasteiger partial charge in [0.2, 0.25) is 0 Å². The maximum atomic E-state index is 5.67. The molecule has 2 heteroatoms. The topological polar surface area (TPSA) is 39.2 Å². The molecule has 68 valence electrons. The van der Waals surface area contributed by atoms with Crippen molar-refractivity contribution in [1.82, 2.24) is 0 Å². The molecule has 1 heterocycles. The van der Waals surface area contributed by atoms with Gasteiger partial charge in [0.15, 0.2) is 0 Å². The minimum atomic E-state index is 0.788. The SMILES string of the molecule is CCCc1cc2cc(N)ccc2o1. The van der Waals surface area contributed by atoms with E-state index in [0.717, 1.165) is 35.3 Å². The Morgan fingerprint density at radius 1 is 1.31 bits per heavy atom. The van der Waals surface area contributed by atoms with E-state index in [1.54, 1.807) is 0 Å². The molecule has 0 fully saturated rings. The minimum Gasteiger partial charge on any atom is -0.461 e. The smallest absolute Gasteiger partial charge is 0.134 e. The van der Waals surface area contributed by atoms with Crippen molar-refractivity contribution in [2.45, 2.75) is 19.8 Å². The number of nitrogen functional groups attached to an aromatic ring is 1. The number of fused-ring (bicyclic) bond motifs is 1. The van der Waals surface area contributed by atoms with Crippen LogP contribution in [-0.2, 0) is 6.42 Å². The Kier molecular flexibility index (Phi) is 1.97. The van der Waals surface area contributed by atoms with Crippen LogP contribution in [0.25, 0.3) is 11.0 Å². The van der Waals surface area contributed by atoms with E-state index in [0.29, 0.717) is 0 Å². The molecule has 2 rings (SSSR count). The Morgan fingerprint density at radius 3 is 2.92 bits per heavy atom. The standard InChI is InChI=1S/C11H13NO/c1-2-3-10-7-8-6-9(12)4-5-11(8)13-10/h4-7H,2-3,12H2,1H3. The van der Waals surface area contributed by atoms with E-state index in [1.807, 2.05) is 18.2 Å². The summed E-state index contributed by atoms with van der Waals surface area (Å²) >= 11 is 0. The summed E-state index contributed by atoms with van der Waals surface area (Å²) in [4.78, 5) is 0. The van der Waals surface area contributed by atoms with Gasteiger partial charge >= 0.3 is 0 Å². The Hall–Kier alpha value is -1.44. The van der Waals surface area contributed by atoms with Crippen LogP contribution in [0.3, 0.4) is 0 Å².